The van der Waals surface area contributed by atoms with Gasteiger partial charge in [-0.2, -0.15) is 0 Å². The third kappa shape index (κ3) is 2.97. The minimum absolute atomic E-state index is 0.0425. The molecule has 0 aliphatic heterocycles. The molecule has 2 aliphatic rings. The highest BCUT2D eigenvalue weighted by atomic mass is 16.5. The van der Waals surface area contributed by atoms with Crippen LogP contribution in [-0.4, -0.2) is 29.3 Å². The Labute approximate surface area is 158 Å². The number of carboxylic acid groups (broad SMARTS) is 1. The van der Waals surface area contributed by atoms with E-state index in [1.54, 1.807) is 6.92 Å². The first-order valence-electron chi connectivity index (χ1n) is 9.28. The van der Waals surface area contributed by atoms with Gasteiger partial charge in [0.05, 0.1) is 0 Å². The summed E-state index contributed by atoms with van der Waals surface area (Å²) in [5.41, 5.74) is 3.28. The van der Waals surface area contributed by atoms with Crippen LogP contribution in [0.25, 0.3) is 11.1 Å². The Morgan fingerprint density at radius 1 is 1.11 bits per heavy atom. The second-order valence-electron chi connectivity index (χ2n) is 7.78. The average Bonchev–Trinajstić information content (AvgIpc) is 3.31. The van der Waals surface area contributed by atoms with E-state index in [2.05, 4.69) is 29.6 Å². The number of benzene rings is 2. The molecule has 1 saturated carbocycles. The van der Waals surface area contributed by atoms with E-state index in [1.807, 2.05) is 31.2 Å². The molecule has 5 heteroatoms. The number of carbonyl (C=O) groups excluding carboxylic acids is 1. The zero-order chi connectivity index (χ0) is 19.2. The number of aliphatic carboxylic acids is 1. The number of fused-ring (bicyclic) bond motifs is 3. The molecular weight excluding hydrogens is 342 g/mol. The predicted octanol–water partition coefficient (Wildman–Crippen LogP) is 4.02. The normalized spacial score (nSPS) is 22.3. The number of ether oxygens (including phenoxy) is 1. The monoisotopic (exact) mass is 365 g/mol. The van der Waals surface area contributed by atoms with E-state index in [0.717, 1.165) is 28.7 Å². The summed E-state index contributed by atoms with van der Waals surface area (Å²) in [7, 11) is 0. The molecular formula is C22H23NO4. The van der Waals surface area contributed by atoms with Crippen LogP contribution in [0.15, 0.2) is 48.5 Å². The predicted molar refractivity (Wildman–Crippen MR) is 102 cm³/mol. The molecule has 27 heavy (non-hydrogen) atoms. The lowest BCUT2D eigenvalue weighted by atomic mass is 9.95. The highest BCUT2D eigenvalue weighted by Crippen LogP contribution is 2.46. The maximum atomic E-state index is 12.4. The molecule has 140 valence electrons. The van der Waals surface area contributed by atoms with Gasteiger partial charge >= 0.3 is 12.1 Å². The van der Waals surface area contributed by atoms with Gasteiger partial charge in [0.1, 0.15) is 12.1 Å². The maximum Gasteiger partial charge on any atom is 0.408 e. The van der Waals surface area contributed by atoms with Crippen molar-refractivity contribution in [2.45, 2.75) is 31.7 Å². The van der Waals surface area contributed by atoms with Crippen LogP contribution in [0.1, 0.15) is 37.3 Å². The van der Waals surface area contributed by atoms with Crippen LogP contribution in [0.2, 0.25) is 0 Å². The lowest BCUT2D eigenvalue weighted by Crippen LogP contribution is -2.54. The molecule has 3 unspecified atom stereocenters. The second kappa shape index (κ2) is 6.41. The van der Waals surface area contributed by atoms with E-state index >= 15 is 0 Å². The minimum Gasteiger partial charge on any atom is -0.480 e. The molecule has 5 nitrogen and oxygen atoms in total. The highest BCUT2D eigenvalue weighted by Gasteiger charge is 2.53. The molecule has 0 aromatic heterocycles. The number of alkyl carbamates (subject to hydrolysis) is 1. The van der Waals surface area contributed by atoms with Crippen molar-refractivity contribution in [1.29, 1.82) is 0 Å². The quantitative estimate of drug-likeness (QED) is 0.839. The third-order valence-electron chi connectivity index (χ3n) is 6.00. The van der Waals surface area contributed by atoms with Gasteiger partial charge in [0, 0.05) is 5.92 Å². The third-order valence-corrected chi connectivity index (χ3v) is 6.00. The number of amides is 1. The summed E-state index contributed by atoms with van der Waals surface area (Å²) in [4.78, 5) is 24.1. The van der Waals surface area contributed by atoms with Crippen molar-refractivity contribution in [2.75, 3.05) is 6.61 Å². The van der Waals surface area contributed by atoms with E-state index < -0.39 is 17.6 Å². The van der Waals surface area contributed by atoms with Crippen LogP contribution < -0.4 is 5.32 Å². The number of carboxylic acids is 1. The number of nitrogens with one attached hydrogen (secondary N) is 1. The fourth-order valence-corrected chi connectivity index (χ4v) is 4.28. The van der Waals surface area contributed by atoms with Crippen LogP contribution >= 0.6 is 0 Å². The SMILES string of the molecule is CC1CC1C(C)(NC(=O)OCC1c2ccccc2-c2ccccc21)C(=O)O. The van der Waals surface area contributed by atoms with Crippen LogP contribution in [-0.2, 0) is 9.53 Å². The summed E-state index contributed by atoms with van der Waals surface area (Å²) < 4.78 is 5.49. The number of hydrogen-bond acceptors (Lipinski definition) is 3. The molecule has 0 heterocycles. The Kier molecular flexibility index (Phi) is 4.17. The highest BCUT2D eigenvalue weighted by molar-refractivity contribution is 5.85. The second-order valence-corrected chi connectivity index (χ2v) is 7.78. The van der Waals surface area contributed by atoms with Gasteiger partial charge in [-0.25, -0.2) is 9.59 Å². The summed E-state index contributed by atoms with van der Waals surface area (Å²) in [5, 5.41) is 12.2. The van der Waals surface area contributed by atoms with Crippen molar-refractivity contribution in [1.82, 2.24) is 5.32 Å². The average molecular weight is 365 g/mol. The van der Waals surface area contributed by atoms with Crippen molar-refractivity contribution < 1.29 is 19.4 Å². The summed E-state index contributed by atoms with van der Waals surface area (Å²) >= 11 is 0. The minimum atomic E-state index is -1.29. The molecule has 0 radical (unpaired) electrons. The lowest BCUT2D eigenvalue weighted by Gasteiger charge is -2.26. The molecule has 2 aliphatic carbocycles. The van der Waals surface area contributed by atoms with Gasteiger partial charge in [0.15, 0.2) is 0 Å². The van der Waals surface area contributed by atoms with Gasteiger partial charge < -0.3 is 15.2 Å². The number of rotatable bonds is 5. The fourth-order valence-electron chi connectivity index (χ4n) is 4.28. The molecule has 4 rings (SSSR count). The molecule has 0 bridgehead atoms. The smallest absolute Gasteiger partial charge is 0.408 e. The topological polar surface area (TPSA) is 75.6 Å². The van der Waals surface area contributed by atoms with Gasteiger partial charge in [-0.05, 0) is 47.4 Å². The van der Waals surface area contributed by atoms with Gasteiger partial charge in [-0.3, -0.25) is 0 Å². The van der Waals surface area contributed by atoms with Crippen molar-refractivity contribution in [3.05, 3.63) is 59.7 Å². The Morgan fingerprint density at radius 2 is 1.63 bits per heavy atom. The first-order valence-corrected chi connectivity index (χ1v) is 9.28. The molecule has 2 aromatic rings. The largest absolute Gasteiger partial charge is 0.480 e. The summed E-state index contributed by atoms with van der Waals surface area (Å²) in [5.74, 6) is -0.833. The Bertz CT molecular complexity index is 863. The van der Waals surface area contributed by atoms with Gasteiger partial charge in [0.25, 0.3) is 0 Å². The van der Waals surface area contributed by atoms with Gasteiger partial charge in [-0.1, -0.05) is 55.5 Å². The van der Waals surface area contributed by atoms with E-state index in [4.69, 9.17) is 4.74 Å². The maximum absolute atomic E-state index is 12.4. The molecule has 0 spiro atoms. The van der Waals surface area contributed by atoms with Gasteiger partial charge in [0.2, 0.25) is 0 Å². The Balaban J connectivity index is 1.49. The summed E-state index contributed by atoms with van der Waals surface area (Å²) in [6.07, 6.45) is 0.118. The van der Waals surface area contributed by atoms with Crippen LogP contribution in [0.5, 0.6) is 0 Å². The van der Waals surface area contributed by atoms with Gasteiger partial charge in [-0.15, -0.1) is 0 Å². The Hall–Kier alpha value is -2.82. The van der Waals surface area contributed by atoms with Crippen LogP contribution in [0, 0.1) is 11.8 Å². The number of carbonyl (C=O) groups is 2. The van der Waals surface area contributed by atoms with Crippen molar-refractivity contribution in [3.8, 4) is 11.1 Å². The lowest BCUT2D eigenvalue weighted by molar-refractivity contribution is -0.145. The summed E-state index contributed by atoms with van der Waals surface area (Å²) in [6, 6.07) is 16.2. The van der Waals surface area contributed by atoms with Crippen LogP contribution in [0.4, 0.5) is 4.79 Å². The molecule has 0 saturated heterocycles. The van der Waals surface area contributed by atoms with E-state index in [1.165, 1.54) is 0 Å². The molecule has 3 atom stereocenters. The van der Waals surface area contributed by atoms with Crippen molar-refractivity contribution in [2.24, 2.45) is 11.8 Å². The molecule has 1 fully saturated rings. The van der Waals surface area contributed by atoms with Crippen molar-refractivity contribution in [3.63, 3.8) is 0 Å². The van der Waals surface area contributed by atoms with Crippen LogP contribution in [0.3, 0.4) is 0 Å². The number of hydrogen-bond donors (Lipinski definition) is 2. The fraction of sp³-hybridized carbons (Fsp3) is 0.364. The first kappa shape index (κ1) is 17.6. The van der Waals surface area contributed by atoms with E-state index in [-0.39, 0.29) is 18.4 Å². The zero-order valence-corrected chi connectivity index (χ0v) is 15.4. The Morgan fingerprint density at radius 3 is 2.11 bits per heavy atom. The van der Waals surface area contributed by atoms with E-state index in [9.17, 15) is 14.7 Å². The molecule has 2 N–H and O–H groups in total. The first-order chi connectivity index (χ1) is 12.9. The molecule has 1 amide bonds. The van der Waals surface area contributed by atoms with E-state index in [0.29, 0.717) is 5.92 Å². The zero-order valence-electron chi connectivity index (χ0n) is 15.4. The summed E-state index contributed by atoms with van der Waals surface area (Å²) in [6.45, 7) is 3.73. The molecule has 2 aromatic carbocycles. The standard InChI is InChI=1S/C22H23NO4/c1-13-11-19(13)22(2,20(24)25)23-21(26)27-12-18-16-9-5-3-7-14(16)15-8-4-6-10-17(15)18/h3-10,13,18-19H,11-12H2,1-2H3,(H,23,26)(H,24,25). The van der Waals surface area contributed by atoms with Crippen molar-refractivity contribution >= 4 is 12.1 Å².